The van der Waals surface area contributed by atoms with Crippen LogP contribution in [0, 0.1) is 0 Å². The first-order valence-electron chi connectivity index (χ1n) is 9.32. The highest BCUT2D eigenvalue weighted by Gasteiger charge is 2.20. The van der Waals surface area contributed by atoms with Crippen molar-refractivity contribution in [3.8, 4) is 22.3 Å². The molecule has 0 aliphatic carbocycles. The van der Waals surface area contributed by atoms with Gasteiger partial charge in [0, 0.05) is 36.9 Å². The summed E-state index contributed by atoms with van der Waals surface area (Å²) in [6.45, 7) is 2.96. The smallest absolute Gasteiger partial charge is 0.221 e. The van der Waals surface area contributed by atoms with E-state index in [2.05, 4.69) is 61.9 Å². The number of hydrogen-bond acceptors (Lipinski definition) is 7. The molecule has 3 aromatic rings. The van der Waals surface area contributed by atoms with E-state index in [9.17, 15) is 0 Å². The molecule has 7 nitrogen and oxygen atoms in total. The van der Waals surface area contributed by atoms with Crippen molar-refractivity contribution in [1.82, 2.24) is 25.4 Å². The molecule has 4 rings (SSSR count). The zero-order valence-electron chi connectivity index (χ0n) is 15.7. The number of nitrogens with one attached hydrogen (secondary N) is 2. The van der Waals surface area contributed by atoms with E-state index in [0.29, 0.717) is 0 Å². The van der Waals surface area contributed by atoms with Crippen LogP contribution in [0.25, 0.3) is 22.3 Å². The molecule has 28 heavy (non-hydrogen) atoms. The van der Waals surface area contributed by atoms with Gasteiger partial charge in [0.1, 0.15) is 5.82 Å². The summed E-state index contributed by atoms with van der Waals surface area (Å²) in [5.74, 6) is 0.971. The lowest BCUT2D eigenvalue weighted by Gasteiger charge is -2.28. The van der Waals surface area contributed by atoms with Crippen LogP contribution in [0.4, 0.5) is 11.8 Å². The average Bonchev–Trinajstić information content (AvgIpc) is 3.27. The molecule has 0 amide bonds. The number of aromatic nitrogens is 3. The Balaban J connectivity index is 1.68. The highest BCUT2D eigenvalue weighted by molar-refractivity contribution is 5.79. The molecule has 2 aromatic heterocycles. The lowest BCUT2D eigenvalue weighted by molar-refractivity contribution is 0.199. The molecule has 0 saturated carbocycles. The van der Waals surface area contributed by atoms with E-state index in [4.69, 9.17) is 5.73 Å². The van der Waals surface area contributed by atoms with Gasteiger partial charge in [-0.25, -0.2) is 4.98 Å². The molecule has 3 heterocycles. The second-order valence-corrected chi connectivity index (χ2v) is 6.56. The lowest BCUT2D eigenvalue weighted by atomic mass is 10.0. The second kappa shape index (κ2) is 8.06. The van der Waals surface area contributed by atoms with Crippen LogP contribution in [0.1, 0.15) is 13.3 Å². The molecule has 1 aliphatic heterocycles. The van der Waals surface area contributed by atoms with Crippen molar-refractivity contribution < 1.29 is 0 Å². The number of nitrogens with two attached hydrogens (primary N) is 1. The molecule has 1 aromatic carbocycles. The molecule has 0 bridgehead atoms. The summed E-state index contributed by atoms with van der Waals surface area (Å²) in [5, 5.41) is 5.64. The van der Waals surface area contributed by atoms with Crippen LogP contribution >= 0.6 is 0 Å². The highest BCUT2D eigenvalue weighted by Crippen LogP contribution is 2.30. The molecule has 1 unspecified atom stereocenters. The van der Waals surface area contributed by atoms with Crippen LogP contribution in [-0.4, -0.2) is 32.7 Å². The number of nitrogen functional groups attached to an aromatic ring is 1. The van der Waals surface area contributed by atoms with Gasteiger partial charge >= 0.3 is 0 Å². The first-order valence-corrected chi connectivity index (χ1v) is 9.32. The van der Waals surface area contributed by atoms with Crippen molar-refractivity contribution in [2.24, 2.45) is 0 Å². The Kier molecular flexibility index (Phi) is 5.16. The van der Waals surface area contributed by atoms with Gasteiger partial charge in [0.25, 0.3) is 0 Å². The van der Waals surface area contributed by atoms with Gasteiger partial charge < -0.3 is 16.5 Å². The second-order valence-electron chi connectivity index (χ2n) is 6.56. The summed E-state index contributed by atoms with van der Waals surface area (Å²) in [6.07, 6.45) is 10.4. The van der Waals surface area contributed by atoms with Crippen molar-refractivity contribution in [2.45, 2.75) is 19.5 Å². The minimum Gasteiger partial charge on any atom is -0.368 e. The fraction of sp³-hybridized carbons (Fsp3) is 0.190. The van der Waals surface area contributed by atoms with Crippen molar-refractivity contribution in [3.63, 3.8) is 0 Å². The third-order valence-electron chi connectivity index (χ3n) is 4.72. The summed E-state index contributed by atoms with van der Waals surface area (Å²) in [4.78, 5) is 12.8. The van der Waals surface area contributed by atoms with Gasteiger partial charge in [-0.05, 0) is 41.3 Å². The van der Waals surface area contributed by atoms with Crippen LogP contribution in [0.3, 0.4) is 0 Å². The van der Waals surface area contributed by atoms with E-state index in [-0.39, 0.29) is 12.1 Å². The standard InChI is InChI=1S/C21H23N7/c1-2-19(28-12-4-9-25-28)26-20-18(14-24-21(22)27-20)17-6-3-5-16(13-17)15-7-10-23-11-8-15/h3-11,13-14,19,25H,2,12H2,1H3,(H3,22,24,26,27). The van der Waals surface area contributed by atoms with Crippen LogP contribution in [0.2, 0.25) is 0 Å². The molecule has 1 atom stereocenters. The molecule has 0 radical (unpaired) electrons. The SMILES string of the molecule is CCC(Nc1nc(N)ncc1-c1cccc(-c2ccncc2)c1)N1CC=CN1. The Hall–Kier alpha value is -3.45. The predicted octanol–water partition coefficient (Wildman–Crippen LogP) is 3.27. The average molecular weight is 373 g/mol. The highest BCUT2D eigenvalue weighted by atomic mass is 15.6. The van der Waals surface area contributed by atoms with Crippen molar-refractivity contribution in [3.05, 3.63) is 67.3 Å². The molecule has 4 N–H and O–H groups in total. The van der Waals surface area contributed by atoms with Gasteiger partial charge in [0.15, 0.2) is 0 Å². The molecule has 0 spiro atoms. The quantitative estimate of drug-likeness (QED) is 0.611. The molecule has 142 valence electrons. The third-order valence-corrected chi connectivity index (χ3v) is 4.72. The fourth-order valence-corrected chi connectivity index (χ4v) is 3.27. The summed E-state index contributed by atoms with van der Waals surface area (Å²) >= 11 is 0. The summed E-state index contributed by atoms with van der Waals surface area (Å²) < 4.78 is 0. The van der Waals surface area contributed by atoms with Gasteiger partial charge in [-0.2, -0.15) is 9.99 Å². The van der Waals surface area contributed by atoms with E-state index in [1.165, 1.54) is 0 Å². The van der Waals surface area contributed by atoms with E-state index < -0.39 is 0 Å². The summed E-state index contributed by atoms with van der Waals surface area (Å²) in [6, 6.07) is 12.3. The number of hydrogen-bond donors (Lipinski definition) is 3. The largest absolute Gasteiger partial charge is 0.368 e. The van der Waals surface area contributed by atoms with Gasteiger partial charge in [0.2, 0.25) is 5.95 Å². The third kappa shape index (κ3) is 3.79. The lowest BCUT2D eigenvalue weighted by Crippen LogP contribution is -2.44. The molecule has 7 heteroatoms. The fourth-order valence-electron chi connectivity index (χ4n) is 3.27. The Morgan fingerprint density at radius 2 is 2.00 bits per heavy atom. The van der Waals surface area contributed by atoms with Gasteiger partial charge in [-0.3, -0.25) is 4.98 Å². The number of hydrazine groups is 1. The van der Waals surface area contributed by atoms with E-state index >= 15 is 0 Å². The zero-order chi connectivity index (χ0) is 19.3. The molecule has 0 saturated heterocycles. The number of benzene rings is 1. The number of rotatable bonds is 6. The number of pyridine rings is 1. The van der Waals surface area contributed by atoms with Gasteiger partial charge in [-0.15, -0.1) is 0 Å². The normalized spacial score (nSPS) is 14.6. The number of nitrogens with zero attached hydrogens (tertiary/aromatic N) is 4. The maximum Gasteiger partial charge on any atom is 0.221 e. The molecular formula is C21H23N7. The monoisotopic (exact) mass is 373 g/mol. The van der Waals surface area contributed by atoms with Crippen molar-refractivity contribution in [2.75, 3.05) is 17.6 Å². The van der Waals surface area contributed by atoms with Crippen molar-refractivity contribution >= 4 is 11.8 Å². The van der Waals surface area contributed by atoms with Gasteiger partial charge in [0.05, 0.1) is 6.17 Å². The van der Waals surface area contributed by atoms with Crippen LogP contribution in [0.15, 0.2) is 67.3 Å². The zero-order valence-corrected chi connectivity index (χ0v) is 15.7. The Morgan fingerprint density at radius 1 is 1.18 bits per heavy atom. The van der Waals surface area contributed by atoms with E-state index in [0.717, 1.165) is 41.0 Å². The van der Waals surface area contributed by atoms with Crippen LogP contribution < -0.4 is 16.5 Å². The Bertz CT molecular complexity index is 963. The van der Waals surface area contributed by atoms with Crippen molar-refractivity contribution in [1.29, 1.82) is 0 Å². The minimum absolute atomic E-state index is 0.0754. The van der Waals surface area contributed by atoms with Crippen LogP contribution in [-0.2, 0) is 0 Å². The summed E-state index contributed by atoms with van der Waals surface area (Å²) in [5.41, 5.74) is 13.3. The molecule has 1 aliphatic rings. The Morgan fingerprint density at radius 3 is 2.75 bits per heavy atom. The molecule has 0 fully saturated rings. The first-order chi connectivity index (χ1) is 13.7. The van der Waals surface area contributed by atoms with Gasteiger partial charge in [-0.1, -0.05) is 31.2 Å². The van der Waals surface area contributed by atoms with E-state index in [1.54, 1.807) is 18.6 Å². The summed E-state index contributed by atoms with van der Waals surface area (Å²) in [7, 11) is 0. The Labute approximate surface area is 164 Å². The minimum atomic E-state index is 0.0754. The predicted molar refractivity (Wildman–Crippen MR) is 112 cm³/mol. The topological polar surface area (TPSA) is 92.0 Å². The number of anilines is 2. The van der Waals surface area contributed by atoms with E-state index in [1.807, 2.05) is 24.4 Å². The molecular weight excluding hydrogens is 350 g/mol. The maximum atomic E-state index is 5.89. The first kappa shape index (κ1) is 17.9. The maximum absolute atomic E-state index is 5.89. The van der Waals surface area contributed by atoms with Crippen LogP contribution in [0.5, 0.6) is 0 Å².